The van der Waals surface area contributed by atoms with E-state index in [0.29, 0.717) is 12.6 Å². The van der Waals surface area contributed by atoms with E-state index in [0.717, 1.165) is 31.5 Å². The Kier molecular flexibility index (Phi) is 6.34. The Hall–Kier alpha value is -1.47. The molecule has 1 saturated heterocycles. The van der Waals surface area contributed by atoms with E-state index in [4.69, 9.17) is 0 Å². The highest BCUT2D eigenvalue weighted by Gasteiger charge is 2.27. The molecule has 134 valence electrons. The molecule has 1 heterocycles. The predicted molar refractivity (Wildman–Crippen MR) is 90.9 cm³/mol. The molecule has 1 aromatic carbocycles. The molecule has 1 unspecified atom stereocenters. The van der Waals surface area contributed by atoms with Gasteiger partial charge in [-0.3, -0.25) is 4.79 Å². The normalized spacial score (nSPS) is 19.4. The Labute approximate surface area is 143 Å². The van der Waals surface area contributed by atoms with Crippen molar-refractivity contribution in [3.8, 4) is 0 Å². The van der Waals surface area contributed by atoms with Gasteiger partial charge in [0, 0.05) is 19.1 Å². The van der Waals surface area contributed by atoms with Crippen LogP contribution in [0.2, 0.25) is 0 Å². The number of sulfone groups is 1. The molecule has 1 atom stereocenters. The Morgan fingerprint density at radius 2 is 2.00 bits per heavy atom. The number of hydrogen-bond donors (Lipinski definition) is 1. The predicted octanol–water partition coefficient (Wildman–Crippen LogP) is 1.84. The van der Waals surface area contributed by atoms with E-state index in [1.54, 1.807) is 0 Å². The molecule has 0 bridgehead atoms. The fourth-order valence-corrected chi connectivity index (χ4v) is 4.06. The highest BCUT2D eigenvalue weighted by atomic mass is 32.2. The summed E-state index contributed by atoms with van der Waals surface area (Å²) in [6, 6.07) is 5.13. The summed E-state index contributed by atoms with van der Waals surface area (Å²) in [6.45, 7) is 6.00. The van der Waals surface area contributed by atoms with Crippen LogP contribution in [0.3, 0.4) is 0 Å². The molecule has 2 rings (SSSR count). The van der Waals surface area contributed by atoms with Gasteiger partial charge in [-0.05, 0) is 57.5 Å². The zero-order valence-electron chi connectivity index (χ0n) is 14.2. The van der Waals surface area contributed by atoms with Crippen molar-refractivity contribution in [2.75, 3.05) is 25.4 Å². The standard InChI is InChI=1S/C17H25FN2O3S/c1-13(2)20-10-3-4-14(12-20)17(21)19-9-11-24(22,23)16-7-5-15(18)6-8-16/h5-8,13-14H,3-4,9-12H2,1-2H3,(H,19,21). The molecular weight excluding hydrogens is 331 g/mol. The first-order valence-corrected chi connectivity index (χ1v) is 9.95. The number of amides is 1. The first kappa shape index (κ1) is 18.9. The van der Waals surface area contributed by atoms with E-state index in [1.807, 2.05) is 0 Å². The zero-order valence-corrected chi connectivity index (χ0v) is 15.0. The van der Waals surface area contributed by atoms with Crippen LogP contribution in [-0.2, 0) is 14.6 Å². The maximum Gasteiger partial charge on any atom is 0.224 e. The topological polar surface area (TPSA) is 66.5 Å². The molecule has 0 radical (unpaired) electrons. The minimum absolute atomic E-state index is 0.0662. The molecule has 1 aromatic rings. The Morgan fingerprint density at radius 1 is 1.33 bits per heavy atom. The first-order chi connectivity index (χ1) is 11.3. The van der Waals surface area contributed by atoms with Crippen LogP contribution in [0.5, 0.6) is 0 Å². The molecule has 1 aliphatic heterocycles. The van der Waals surface area contributed by atoms with Crippen LogP contribution in [0.4, 0.5) is 4.39 Å². The van der Waals surface area contributed by atoms with E-state index >= 15 is 0 Å². The number of piperidine rings is 1. The van der Waals surface area contributed by atoms with Gasteiger partial charge in [-0.25, -0.2) is 12.8 Å². The van der Waals surface area contributed by atoms with Crippen molar-refractivity contribution in [3.05, 3.63) is 30.1 Å². The number of halogens is 1. The fourth-order valence-electron chi connectivity index (χ4n) is 2.90. The molecule has 1 aliphatic rings. The van der Waals surface area contributed by atoms with Gasteiger partial charge in [0.1, 0.15) is 5.82 Å². The first-order valence-electron chi connectivity index (χ1n) is 8.29. The lowest BCUT2D eigenvalue weighted by molar-refractivity contribution is -0.126. The van der Waals surface area contributed by atoms with Gasteiger partial charge in [-0.15, -0.1) is 0 Å². The lowest BCUT2D eigenvalue weighted by atomic mass is 9.96. The molecule has 1 N–H and O–H groups in total. The van der Waals surface area contributed by atoms with Gasteiger partial charge in [-0.2, -0.15) is 0 Å². The van der Waals surface area contributed by atoms with Gasteiger partial charge >= 0.3 is 0 Å². The van der Waals surface area contributed by atoms with E-state index in [9.17, 15) is 17.6 Å². The average Bonchev–Trinajstić information content (AvgIpc) is 2.55. The molecule has 1 amide bonds. The van der Waals surface area contributed by atoms with Crippen LogP contribution in [0, 0.1) is 11.7 Å². The number of carbonyl (C=O) groups is 1. The summed E-state index contributed by atoms with van der Waals surface area (Å²) in [4.78, 5) is 14.6. The molecule has 0 aromatic heterocycles. The number of likely N-dealkylation sites (tertiary alicyclic amines) is 1. The van der Waals surface area contributed by atoms with E-state index in [-0.39, 0.29) is 29.0 Å². The van der Waals surface area contributed by atoms with Crippen LogP contribution in [0.15, 0.2) is 29.2 Å². The third-order valence-corrected chi connectivity index (χ3v) is 6.13. The summed E-state index contributed by atoms with van der Waals surface area (Å²) >= 11 is 0. The molecule has 1 fully saturated rings. The second-order valence-corrected chi connectivity index (χ2v) is 8.60. The molecule has 0 saturated carbocycles. The summed E-state index contributed by atoms with van der Waals surface area (Å²) in [5.74, 6) is -0.844. The van der Waals surface area contributed by atoms with E-state index in [1.165, 1.54) is 12.1 Å². The second kappa shape index (κ2) is 8.07. The van der Waals surface area contributed by atoms with Crippen molar-refractivity contribution in [3.63, 3.8) is 0 Å². The number of nitrogens with one attached hydrogen (secondary N) is 1. The third-order valence-electron chi connectivity index (χ3n) is 4.40. The summed E-state index contributed by atoms with van der Waals surface area (Å²) in [5.41, 5.74) is 0. The minimum Gasteiger partial charge on any atom is -0.355 e. The number of nitrogens with zero attached hydrogens (tertiary/aromatic N) is 1. The maximum atomic E-state index is 12.9. The van der Waals surface area contributed by atoms with Gasteiger partial charge in [0.25, 0.3) is 0 Å². The van der Waals surface area contributed by atoms with Gasteiger partial charge in [-0.1, -0.05) is 0 Å². The molecular formula is C17H25FN2O3S. The van der Waals surface area contributed by atoms with Gasteiger partial charge in [0.2, 0.25) is 5.91 Å². The zero-order chi connectivity index (χ0) is 17.7. The summed E-state index contributed by atoms with van der Waals surface area (Å²) in [5, 5.41) is 2.73. The van der Waals surface area contributed by atoms with Crippen molar-refractivity contribution in [2.24, 2.45) is 5.92 Å². The minimum atomic E-state index is -3.52. The highest BCUT2D eigenvalue weighted by Crippen LogP contribution is 2.18. The van der Waals surface area contributed by atoms with Crippen molar-refractivity contribution in [1.82, 2.24) is 10.2 Å². The number of benzene rings is 1. The highest BCUT2D eigenvalue weighted by molar-refractivity contribution is 7.91. The van der Waals surface area contributed by atoms with Crippen molar-refractivity contribution in [1.29, 1.82) is 0 Å². The second-order valence-electron chi connectivity index (χ2n) is 6.49. The third kappa shape index (κ3) is 5.01. The number of hydrogen-bond acceptors (Lipinski definition) is 4. The van der Waals surface area contributed by atoms with E-state index < -0.39 is 15.7 Å². The summed E-state index contributed by atoms with van der Waals surface area (Å²) in [6.07, 6.45) is 1.81. The van der Waals surface area contributed by atoms with Gasteiger partial charge < -0.3 is 10.2 Å². The van der Waals surface area contributed by atoms with Crippen LogP contribution in [0.1, 0.15) is 26.7 Å². The average molecular weight is 356 g/mol. The van der Waals surface area contributed by atoms with Crippen molar-refractivity contribution >= 4 is 15.7 Å². The summed E-state index contributed by atoms with van der Waals surface area (Å²) in [7, 11) is -3.52. The van der Waals surface area contributed by atoms with Crippen LogP contribution in [-0.4, -0.2) is 50.7 Å². The Bertz CT molecular complexity index is 659. The lowest BCUT2D eigenvalue weighted by Crippen LogP contribution is -2.46. The maximum absolute atomic E-state index is 12.9. The Balaban J connectivity index is 1.84. The van der Waals surface area contributed by atoms with Crippen LogP contribution < -0.4 is 5.32 Å². The largest absolute Gasteiger partial charge is 0.355 e. The quantitative estimate of drug-likeness (QED) is 0.790. The lowest BCUT2D eigenvalue weighted by Gasteiger charge is -2.34. The molecule has 7 heteroatoms. The smallest absolute Gasteiger partial charge is 0.224 e. The molecule has 0 aliphatic carbocycles. The van der Waals surface area contributed by atoms with E-state index in [2.05, 4.69) is 24.1 Å². The Morgan fingerprint density at radius 3 is 2.62 bits per heavy atom. The molecule has 0 spiro atoms. The molecule has 24 heavy (non-hydrogen) atoms. The van der Waals surface area contributed by atoms with Crippen LogP contribution >= 0.6 is 0 Å². The molecule has 5 nitrogen and oxygen atoms in total. The summed E-state index contributed by atoms with van der Waals surface area (Å²) < 4.78 is 37.2. The van der Waals surface area contributed by atoms with Crippen molar-refractivity contribution in [2.45, 2.75) is 37.6 Å². The van der Waals surface area contributed by atoms with Gasteiger partial charge in [0.15, 0.2) is 9.84 Å². The number of carbonyl (C=O) groups excluding carboxylic acids is 1. The SMILES string of the molecule is CC(C)N1CCCC(C(=O)NCCS(=O)(=O)c2ccc(F)cc2)C1. The fraction of sp³-hybridized carbons (Fsp3) is 0.588. The number of rotatable bonds is 6. The van der Waals surface area contributed by atoms with Crippen LogP contribution in [0.25, 0.3) is 0 Å². The van der Waals surface area contributed by atoms with Crippen molar-refractivity contribution < 1.29 is 17.6 Å². The monoisotopic (exact) mass is 356 g/mol. The van der Waals surface area contributed by atoms with Gasteiger partial charge in [0.05, 0.1) is 16.6 Å².